The van der Waals surface area contributed by atoms with Crippen LogP contribution in [0.4, 0.5) is 5.82 Å². The maximum absolute atomic E-state index is 11.7. The first-order chi connectivity index (χ1) is 8.02. The third kappa shape index (κ3) is 4.07. The minimum Gasteiger partial charge on any atom is -0.370 e. The number of anilines is 1. The van der Waals surface area contributed by atoms with Gasteiger partial charge in [0.05, 0.1) is 5.56 Å². The molecular weight excluding hydrogens is 222 g/mol. The molecule has 7 heteroatoms. The number of nitrogens with zero attached hydrogens (tertiary/aromatic N) is 1. The molecule has 92 valence electrons. The van der Waals surface area contributed by atoms with Crippen LogP contribution in [-0.4, -0.2) is 22.8 Å². The Kier molecular flexibility index (Phi) is 4.41. The van der Waals surface area contributed by atoms with Crippen LogP contribution in [-0.2, 0) is 4.79 Å². The van der Waals surface area contributed by atoms with Crippen molar-refractivity contribution in [1.82, 2.24) is 10.3 Å². The van der Waals surface area contributed by atoms with Crippen LogP contribution < -0.4 is 22.3 Å². The number of primary amides is 1. The predicted molar refractivity (Wildman–Crippen MR) is 62.8 cm³/mol. The van der Waals surface area contributed by atoms with Gasteiger partial charge in [-0.3, -0.25) is 9.59 Å². The fourth-order valence-electron chi connectivity index (χ4n) is 1.27. The number of nitrogens with one attached hydrogen (secondary N) is 2. The van der Waals surface area contributed by atoms with E-state index >= 15 is 0 Å². The van der Waals surface area contributed by atoms with E-state index in [2.05, 4.69) is 15.7 Å². The molecule has 1 rings (SSSR count). The van der Waals surface area contributed by atoms with Crippen LogP contribution in [0.1, 0.15) is 23.7 Å². The van der Waals surface area contributed by atoms with E-state index in [0.29, 0.717) is 11.4 Å². The van der Waals surface area contributed by atoms with Gasteiger partial charge in [0.2, 0.25) is 5.91 Å². The molecule has 0 saturated carbocycles. The molecule has 1 heterocycles. The van der Waals surface area contributed by atoms with Crippen LogP contribution in [0.5, 0.6) is 0 Å². The van der Waals surface area contributed by atoms with Crippen LogP contribution in [0.25, 0.3) is 0 Å². The predicted octanol–water partition coefficient (Wildman–Crippen LogP) is -0.639. The van der Waals surface area contributed by atoms with E-state index in [-0.39, 0.29) is 18.4 Å². The van der Waals surface area contributed by atoms with Gasteiger partial charge in [-0.05, 0) is 19.1 Å². The van der Waals surface area contributed by atoms with E-state index < -0.39 is 5.91 Å². The molecule has 0 aliphatic heterocycles. The number of aromatic nitrogens is 1. The molecule has 6 N–H and O–H groups in total. The average molecular weight is 237 g/mol. The first-order valence-corrected chi connectivity index (χ1v) is 5.04. The second-order valence-electron chi connectivity index (χ2n) is 3.62. The highest BCUT2D eigenvalue weighted by Crippen LogP contribution is 2.04. The topological polar surface area (TPSA) is 123 Å². The summed E-state index contributed by atoms with van der Waals surface area (Å²) in [4.78, 5) is 26.2. The van der Waals surface area contributed by atoms with E-state index in [4.69, 9.17) is 11.6 Å². The highest BCUT2D eigenvalue weighted by atomic mass is 16.2. The fraction of sp³-hybridized carbons (Fsp3) is 0.300. The summed E-state index contributed by atoms with van der Waals surface area (Å²) in [6, 6.07) is 2.84. The van der Waals surface area contributed by atoms with Gasteiger partial charge in [-0.15, -0.1) is 0 Å². The van der Waals surface area contributed by atoms with E-state index in [1.807, 2.05) is 0 Å². The van der Waals surface area contributed by atoms with Gasteiger partial charge < -0.3 is 16.5 Å². The molecule has 0 saturated heterocycles. The zero-order valence-electron chi connectivity index (χ0n) is 9.43. The molecule has 7 nitrogen and oxygen atoms in total. The highest BCUT2D eigenvalue weighted by molar-refractivity contribution is 5.94. The van der Waals surface area contributed by atoms with Crippen molar-refractivity contribution in [3.8, 4) is 0 Å². The summed E-state index contributed by atoms with van der Waals surface area (Å²) in [6.45, 7) is 1.70. The third-order valence-electron chi connectivity index (χ3n) is 2.06. The molecule has 2 amide bonds. The number of rotatable bonds is 5. The summed E-state index contributed by atoms with van der Waals surface area (Å²) in [5, 5.41) is 2.63. The molecule has 0 bridgehead atoms. The van der Waals surface area contributed by atoms with Crippen LogP contribution >= 0.6 is 0 Å². The van der Waals surface area contributed by atoms with Crippen LogP contribution in [0.15, 0.2) is 18.3 Å². The Bertz CT molecular complexity index is 404. The van der Waals surface area contributed by atoms with Crippen LogP contribution in [0.3, 0.4) is 0 Å². The Balaban J connectivity index is 2.60. The first kappa shape index (κ1) is 12.9. The maximum atomic E-state index is 11.7. The number of nitrogen functional groups attached to an aromatic ring is 1. The van der Waals surface area contributed by atoms with Crippen molar-refractivity contribution in [1.29, 1.82) is 0 Å². The number of carbonyl (C=O) groups excluding carboxylic acids is 2. The molecule has 1 unspecified atom stereocenters. The molecule has 1 atom stereocenters. The van der Waals surface area contributed by atoms with Crippen molar-refractivity contribution in [2.45, 2.75) is 19.4 Å². The summed E-state index contributed by atoms with van der Waals surface area (Å²) in [6.07, 6.45) is 1.49. The van der Waals surface area contributed by atoms with Crippen molar-refractivity contribution in [2.24, 2.45) is 11.6 Å². The van der Waals surface area contributed by atoms with Crippen molar-refractivity contribution in [3.05, 3.63) is 23.9 Å². The number of pyridine rings is 1. The summed E-state index contributed by atoms with van der Waals surface area (Å²) >= 11 is 0. The first-order valence-electron chi connectivity index (χ1n) is 5.04. The highest BCUT2D eigenvalue weighted by Gasteiger charge is 2.11. The zero-order valence-corrected chi connectivity index (χ0v) is 9.43. The summed E-state index contributed by atoms with van der Waals surface area (Å²) in [5.41, 5.74) is 7.77. The van der Waals surface area contributed by atoms with Gasteiger partial charge in [-0.2, -0.15) is 0 Å². The number of hydrogen-bond donors (Lipinski definition) is 4. The lowest BCUT2D eigenvalue weighted by molar-refractivity contribution is -0.118. The molecule has 0 fully saturated rings. The van der Waals surface area contributed by atoms with Crippen molar-refractivity contribution < 1.29 is 9.59 Å². The minimum absolute atomic E-state index is 0.0988. The van der Waals surface area contributed by atoms with Gasteiger partial charge in [-0.25, -0.2) is 10.8 Å². The molecule has 0 aliphatic carbocycles. The number of amides is 2. The molecular formula is C10H15N5O2. The number of nitrogens with two attached hydrogens (primary N) is 2. The Morgan fingerprint density at radius 3 is 2.65 bits per heavy atom. The largest absolute Gasteiger partial charge is 0.370 e. The van der Waals surface area contributed by atoms with Gasteiger partial charge in [0.1, 0.15) is 5.82 Å². The van der Waals surface area contributed by atoms with E-state index in [9.17, 15) is 9.59 Å². The van der Waals surface area contributed by atoms with Gasteiger partial charge in [0.25, 0.3) is 5.91 Å². The van der Waals surface area contributed by atoms with Crippen molar-refractivity contribution in [3.63, 3.8) is 0 Å². The maximum Gasteiger partial charge on any atom is 0.253 e. The summed E-state index contributed by atoms with van der Waals surface area (Å²) in [7, 11) is 0. The lowest BCUT2D eigenvalue weighted by Crippen LogP contribution is -2.35. The van der Waals surface area contributed by atoms with E-state index in [1.54, 1.807) is 19.1 Å². The van der Waals surface area contributed by atoms with E-state index in [0.717, 1.165) is 0 Å². The molecule has 0 aliphatic rings. The van der Waals surface area contributed by atoms with Crippen molar-refractivity contribution >= 4 is 17.6 Å². The van der Waals surface area contributed by atoms with Crippen molar-refractivity contribution in [2.75, 3.05) is 5.43 Å². The number of carbonyl (C=O) groups is 2. The lowest BCUT2D eigenvalue weighted by atomic mass is 10.2. The second-order valence-corrected chi connectivity index (χ2v) is 3.62. The Hall–Kier alpha value is -2.15. The van der Waals surface area contributed by atoms with Crippen LogP contribution in [0.2, 0.25) is 0 Å². The number of hydrazine groups is 1. The summed E-state index contributed by atoms with van der Waals surface area (Å²) < 4.78 is 0. The Morgan fingerprint density at radius 2 is 2.18 bits per heavy atom. The molecule has 17 heavy (non-hydrogen) atoms. The zero-order chi connectivity index (χ0) is 12.8. The SMILES string of the molecule is CC(CC(N)=O)NC(=O)c1ccc(NN)nc1. The monoisotopic (exact) mass is 237 g/mol. The standard InChI is InChI=1S/C10H15N5O2/c1-6(4-8(11)16)14-10(17)7-2-3-9(15-12)13-5-7/h2-3,5-6H,4,12H2,1H3,(H2,11,16)(H,13,15)(H,14,17). The average Bonchev–Trinajstić information content (AvgIpc) is 2.28. The summed E-state index contributed by atoms with van der Waals surface area (Å²) in [5.74, 6) is 4.84. The van der Waals surface area contributed by atoms with E-state index in [1.165, 1.54) is 6.20 Å². The smallest absolute Gasteiger partial charge is 0.253 e. The number of hydrogen-bond acceptors (Lipinski definition) is 5. The van der Waals surface area contributed by atoms with Gasteiger partial charge in [0.15, 0.2) is 0 Å². The lowest BCUT2D eigenvalue weighted by Gasteiger charge is -2.11. The molecule has 1 aromatic heterocycles. The Morgan fingerprint density at radius 1 is 1.47 bits per heavy atom. The van der Waals surface area contributed by atoms with Crippen LogP contribution in [0, 0.1) is 0 Å². The molecule has 1 aromatic rings. The molecule has 0 spiro atoms. The fourth-order valence-corrected chi connectivity index (χ4v) is 1.27. The van der Waals surface area contributed by atoms with Gasteiger partial charge in [-0.1, -0.05) is 0 Å². The molecule has 0 radical (unpaired) electrons. The third-order valence-corrected chi connectivity index (χ3v) is 2.06. The molecule has 0 aromatic carbocycles. The normalized spacial score (nSPS) is 11.6. The minimum atomic E-state index is -0.460. The quantitative estimate of drug-likeness (QED) is 0.400. The Labute approximate surface area is 98.5 Å². The van der Waals surface area contributed by atoms with Gasteiger partial charge >= 0.3 is 0 Å². The van der Waals surface area contributed by atoms with Gasteiger partial charge in [0, 0.05) is 18.7 Å². The second kappa shape index (κ2) is 5.80.